The van der Waals surface area contributed by atoms with Gasteiger partial charge in [0.05, 0.1) is 0 Å². The summed E-state index contributed by atoms with van der Waals surface area (Å²) in [6, 6.07) is 2.02. The van der Waals surface area contributed by atoms with Gasteiger partial charge in [0.1, 0.15) is 5.82 Å². The normalized spacial score (nSPS) is 10.6. The minimum atomic E-state index is 0.994. The lowest BCUT2D eigenvalue weighted by molar-refractivity contribution is 0.596. The van der Waals surface area contributed by atoms with Crippen LogP contribution >= 0.6 is 0 Å². The molecule has 1 rings (SSSR count). The Hall–Kier alpha value is -0.990. The summed E-state index contributed by atoms with van der Waals surface area (Å²) < 4.78 is 1.83. The molecule has 0 aliphatic rings. The van der Waals surface area contributed by atoms with Crippen LogP contribution in [0.1, 0.15) is 51.9 Å². The van der Waals surface area contributed by atoms with Gasteiger partial charge in [-0.05, 0) is 6.42 Å². The van der Waals surface area contributed by atoms with Gasteiger partial charge in [-0.2, -0.15) is 5.10 Å². The molecule has 0 atom stereocenters. The van der Waals surface area contributed by atoms with Crippen LogP contribution in [0.2, 0.25) is 0 Å². The van der Waals surface area contributed by atoms with Crippen LogP contribution in [0.25, 0.3) is 0 Å². The first-order valence-electron chi connectivity index (χ1n) is 6.56. The third kappa shape index (κ3) is 5.79. The number of aromatic nitrogens is 2. The lowest BCUT2D eigenvalue weighted by Crippen LogP contribution is -2.02. The second-order valence-electron chi connectivity index (χ2n) is 4.42. The van der Waals surface area contributed by atoms with E-state index in [0.29, 0.717) is 0 Å². The standard InChI is InChI=1S/C13H25N3/c1-3-4-5-6-7-8-9-11-14-13-10-12-16(2)15-13/h10,12H,3-9,11H2,1-2H3,(H,14,15). The number of hydrogen-bond donors (Lipinski definition) is 1. The summed E-state index contributed by atoms with van der Waals surface area (Å²) in [4.78, 5) is 0. The van der Waals surface area contributed by atoms with Crippen LogP contribution < -0.4 is 5.32 Å². The summed E-state index contributed by atoms with van der Waals surface area (Å²) in [6.07, 6.45) is 11.5. The Labute approximate surface area is 99.2 Å². The zero-order valence-corrected chi connectivity index (χ0v) is 10.7. The highest BCUT2D eigenvalue weighted by atomic mass is 15.3. The van der Waals surface area contributed by atoms with Crippen LogP contribution in [0.5, 0.6) is 0 Å². The topological polar surface area (TPSA) is 29.9 Å². The summed E-state index contributed by atoms with van der Waals surface area (Å²) in [7, 11) is 1.94. The fraction of sp³-hybridized carbons (Fsp3) is 0.769. The largest absolute Gasteiger partial charge is 0.369 e. The maximum atomic E-state index is 4.27. The molecule has 0 spiro atoms. The van der Waals surface area contributed by atoms with Crippen molar-refractivity contribution in [3.05, 3.63) is 12.3 Å². The van der Waals surface area contributed by atoms with Crippen molar-refractivity contribution in [1.82, 2.24) is 9.78 Å². The van der Waals surface area contributed by atoms with Crippen molar-refractivity contribution in [2.45, 2.75) is 51.9 Å². The monoisotopic (exact) mass is 223 g/mol. The fourth-order valence-electron chi connectivity index (χ4n) is 1.81. The Bertz CT molecular complexity index is 268. The smallest absolute Gasteiger partial charge is 0.147 e. The summed E-state index contributed by atoms with van der Waals surface area (Å²) in [6.45, 7) is 3.31. The second-order valence-corrected chi connectivity index (χ2v) is 4.42. The predicted octanol–water partition coefficient (Wildman–Crippen LogP) is 3.58. The molecule has 0 saturated heterocycles. The Morgan fingerprint density at radius 3 is 2.44 bits per heavy atom. The first-order chi connectivity index (χ1) is 7.83. The first-order valence-corrected chi connectivity index (χ1v) is 6.56. The molecule has 3 heteroatoms. The number of nitrogens with zero attached hydrogens (tertiary/aromatic N) is 2. The molecule has 0 aromatic carbocycles. The second kappa shape index (κ2) is 8.20. The van der Waals surface area contributed by atoms with Crippen molar-refractivity contribution in [3.8, 4) is 0 Å². The van der Waals surface area contributed by atoms with Crippen molar-refractivity contribution in [2.75, 3.05) is 11.9 Å². The van der Waals surface area contributed by atoms with Crippen molar-refractivity contribution < 1.29 is 0 Å². The Kier molecular flexibility index (Phi) is 6.70. The fourth-order valence-corrected chi connectivity index (χ4v) is 1.81. The molecule has 0 unspecified atom stereocenters. The molecular weight excluding hydrogens is 198 g/mol. The van der Waals surface area contributed by atoms with Gasteiger partial charge in [0.25, 0.3) is 0 Å². The summed E-state index contributed by atoms with van der Waals surface area (Å²) in [5.41, 5.74) is 0. The van der Waals surface area contributed by atoms with Gasteiger partial charge in [0.15, 0.2) is 0 Å². The van der Waals surface area contributed by atoms with E-state index in [4.69, 9.17) is 0 Å². The van der Waals surface area contributed by atoms with E-state index in [2.05, 4.69) is 17.3 Å². The molecule has 0 radical (unpaired) electrons. The van der Waals surface area contributed by atoms with Gasteiger partial charge >= 0.3 is 0 Å². The quantitative estimate of drug-likeness (QED) is 0.648. The SMILES string of the molecule is CCCCCCCCCNc1ccn(C)n1. The molecule has 0 aliphatic carbocycles. The summed E-state index contributed by atoms with van der Waals surface area (Å²) in [5, 5.41) is 7.61. The maximum absolute atomic E-state index is 4.27. The van der Waals surface area contributed by atoms with Crippen LogP contribution in [0.4, 0.5) is 5.82 Å². The molecule has 1 heterocycles. The molecule has 92 valence electrons. The van der Waals surface area contributed by atoms with Crippen LogP contribution in [0, 0.1) is 0 Å². The van der Waals surface area contributed by atoms with Gasteiger partial charge < -0.3 is 5.32 Å². The van der Waals surface area contributed by atoms with Gasteiger partial charge in [-0.1, -0.05) is 45.4 Å². The minimum absolute atomic E-state index is 0.994. The van der Waals surface area contributed by atoms with E-state index in [1.165, 1.54) is 44.9 Å². The average molecular weight is 223 g/mol. The van der Waals surface area contributed by atoms with Crippen LogP contribution in [0.3, 0.4) is 0 Å². The zero-order valence-electron chi connectivity index (χ0n) is 10.7. The molecule has 0 bridgehead atoms. The van der Waals surface area contributed by atoms with E-state index in [1.54, 1.807) is 0 Å². The number of hydrogen-bond acceptors (Lipinski definition) is 2. The summed E-state index contributed by atoms with van der Waals surface area (Å²) in [5.74, 6) is 0.994. The Morgan fingerprint density at radius 1 is 1.12 bits per heavy atom. The Morgan fingerprint density at radius 2 is 1.81 bits per heavy atom. The van der Waals surface area contributed by atoms with E-state index in [1.807, 2.05) is 24.0 Å². The molecule has 1 aromatic rings. The van der Waals surface area contributed by atoms with Gasteiger partial charge in [0, 0.05) is 25.9 Å². The van der Waals surface area contributed by atoms with Gasteiger partial charge in [-0.25, -0.2) is 0 Å². The number of rotatable bonds is 9. The van der Waals surface area contributed by atoms with E-state index < -0.39 is 0 Å². The molecule has 16 heavy (non-hydrogen) atoms. The average Bonchev–Trinajstić information content (AvgIpc) is 2.68. The molecule has 0 amide bonds. The molecule has 0 aliphatic heterocycles. The third-order valence-corrected chi connectivity index (χ3v) is 2.80. The van der Waals surface area contributed by atoms with E-state index in [0.717, 1.165) is 12.4 Å². The predicted molar refractivity (Wildman–Crippen MR) is 69.7 cm³/mol. The lowest BCUT2D eigenvalue weighted by Gasteiger charge is -2.03. The van der Waals surface area contributed by atoms with E-state index >= 15 is 0 Å². The highest BCUT2D eigenvalue weighted by Crippen LogP contribution is 2.07. The van der Waals surface area contributed by atoms with Crippen LogP contribution in [-0.4, -0.2) is 16.3 Å². The molecule has 0 fully saturated rings. The lowest BCUT2D eigenvalue weighted by atomic mass is 10.1. The number of nitrogens with one attached hydrogen (secondary N) is 1. The highest BCUT2D eigenvalue weighted by Gasteiger charge is 1.94. The van der Waals surface area contributed by atoms with Crippen molar-refractivity contribution >= 4 is 5.82 Å². The van der Waals surface area contributed by atoms with E-state index in [9.17, 15) is 0 Å². The number of anilines is 1. The highest BCUT2D eigenvalue weighted by molar-refractivity contribution is 5.31. The van der Waals surface area contributed by atoms with Gasteiger partial charge in [-0.15, -0.1) is 0 Å². The number of unbranched alkanes of at least 4 members (excludes halogenated alkanes) is 6. The van der Waals surface area contributed by atoms with Crippen molar-refractivity contribution in [1.29, 1.82) is 0 Å². The first kappa shape index (κ1) is 13.1. The molecule has 1 aromatic heterocycles. The zero-order chi connectivity index (χ0) is 11.6. The summed E-state index contributed by atoms with van der Waals surface area (Å²) >= 11 is 0. The number of aryl methyl sites for hydroxylation is 1. The third-order valence-electron chi connectivity index (χ3n) is 2.80. The van der Waals surface area contributed by atoms with E-state index in [-0.39, 0.29) is 0 Å². The minimum Gasteiger partial charge on any atom is -0.369 e. The maximum Gasteiger partial charge on any atom is 0.147 e. The van der Waals surface area contributed by atoms with Gasteiger partial charge in [-0.3, -0.25) is 4.68 Å². The van der Waals surface area contributed by atoms with Crippen LogP contribution in [-0.2, 0) is 7.05 Å². The molecule has 1 N–H and O–H groups in total. The Balaban J connectivity index is 1.88. The van der Waals surface area contributed by atoms with Crippen molar-refractivity contribution in [3.63, 3.8) is 0 Å². The molecular formula is C13H25N3. The molecule has 0 saturated carbocycles. The van der Waals surface area contributed by atoms with Gasteiger partial charge in [0.2, 0.25) is 0 Å². The molecule has 3 nitrogen and oxygen atoms in total. The van der Waals surface area contributed by atoms with Crippen molar-refractivity contribution in [2.24, 2.45) is 7.05 Å². The van der Waals surface area contributed by atoms with Crippen LogP contribution in [0.15, 0.2) is 12.3 Å².